The Bertz CT molecular complexity index is 559. The van der Waals surface area contributed by atoms with Crippen molar-refractivity contribution in [1.82, 2.24) is 9.80 Å². The summed E-state index contributed by atoms with van der Waals surface area (Å²) in [4.78, 5) is 15.4. The fraction of sp³-hybridized carbons (Fsp3) is 0.467. The largest absolute Gasteiger partial charge is 0.381 e. The molecule has 2 rings (SSSR count). The number of hydrogen-bond donors (Lipinski definition) is 1. The number of benzene rings is 1. The topological polar surface area (TPSA) is 59.4 Å². The van der Waals surface area contributed by atoms with Gasteiger partial charge in [0, 0.05) is 43.4 Å². The maximum Gasteiger partial charge on any atom is 0.319 e. The van der Waals surface area contributed by atoms with Crippen molar-refractivity contribution >= 4 is 27.6 Å². The minimum atomic E-state index is 0.0769. The summed E-state index contributed by atoms with van der Waals surface area (Å²) in [6, 6.07) is 8.08. The van der Waals surface area contributed by atoms with Crippen LogP contribution in [0.2, 0.25) is 0 Å². The molecule has 112 valence electrons. The zero-order valence-corrected chi connectivity index (χ0v) is 13.9. The predicted molar refractivity (Wildman–Crippen MR) is 86.2 cm³/mol. The molecule has 0 aromatic heterocycles. The van der Waals surface area contributed by atoms with E-state index >= 15 is 0 Å². The number of carbonyl (C=O) groups excluding carboxylic acids is 1. The molecule has 0 radical (unpaired) electrons. The number of nitrogens with zero attached hydrogens (tertiary/aromatic N) is 3. The molecule has 1 aliphatic heterocycles. The molecule has 0 bridgehead atoms. The summed E-state index contributed by atoms with van der Waals surface area (Å²) in [7, 11) is 3.56. The van der Waals surface area contributed by atoms with E-state index in [2.05, 4.69) is 27.3 Å². The lowest BCUT2D eigenvalue weighted by atomic mass is 10.0. The summed E-state index contributed by atoms with van der Waals surface area (Å²) in [5.41, 5.74) is 1.63. The van der Waals surface area contributed by atoms with Gasteiger partial charge in [0.1, 0.15) is 0 Å². The number of carbonyl (C=O) groups is 1. The Morgan fingerprint density at radius 1 is 1.43 bits per heavy atom. The molecule has 0 atom stereocenters. The molecule has 1 aromatic rings. The number of anilines is 1. The Kier molecular flexibility index (Phi) is 5.07. The van der Waals surface area contributed by atoms with Crippen LogP contribution in [0.4, 0.5) is 10.5 Å². The second-order valence-electron chi connectivity index (χ2n) is 5.39. The Balaban J connectivity index is 1.92. The molecule has 6 heteroatoms. The van der Waals surface area contributed by atoms with Gasteiger partial charge >= 0.3 is 6.03 Å². The number of amides is 2. The van der Waals surface area contributed by atoms with Crippen LogP contribution in [0.15, 0.2) is 22.7 Å². The smallest absolute Gasteiger partial charge is 0.319 e. The van der Waals surface area contributed by atoms with Crippen LogP contribution < -0.4 is 5.32 Å². The zero-order chi connectivity index (χ0) is 15.4. The molecular weight excluding hydrogens is 332 g/mol. The van der Waals surface area contributed by atoms with Crippen molar-refractivity contribution in [3.8, 4) is 6.07 Å². The fourth-order valence-electron chi connectivity index (χ4n) is 2.42. The van der Waals surface area contributed by atoms with Crippen LogP contribution in [0.1, 0.15) is 18.4 Å². The van der Waals surface area contributed by atoms with Crippen LogP contribution in [0.5, 0.6) is 0 Å². The molecule has 21 heavy (non-hydrogen) atoms. The van der Waals surface area contributed by atoms with Crippen molar-refractivity contribution in [3.05, 3.63) is 28.2 Å². The molecule has 1 fully saturated rings. The number of piperidine rings is 1. The molecule has 1 aromatic carbocycles. The molecule has 0 unspecified atom stereocenters. The van der Waals surface area contributed by atoms with Gasteiger partial charge in [-0.2, -0.15) is 5.26 Å². The molecule has 1 heterocycles. The number of halogens is 1. The first kappa shape index (κ1) is 15.6. The van der Waals surface area contributed by atoms with Gasteiger partial charge in [0.25, 0.3) is 0 Å². The Morgan fingerprint density at radius 3 is 2.62 bits per heavy atom. The van der Waals surface area contributed by atoms with Crippen LogP contribution in [0.3, 0.4) is 0 Å². The van der Waals surface area contributed by atoms with Gasteiger partial charge in [-0.1, -0.05) is 0 Å². The molecule has 1 N–H and O–H groups in total. The highest BCUT2D eigenvalue weighted by molar-refractivity contribution is 9.10. The second kappa shape index (κ2) is 6.81. The summed E-state index contributed by atoms with van der Waals surface area (Å²) in [5.74, 6) is 0. The lowest BCUT2D eigenvalue weighted by Crippen LogP contribution is -2.46. The number of hydrogen-bond acceptors (Lipinski definition) is 3. The van der Waals surface area contributed by atoms with Gasteiger partial charge in [0.05, 0.1) is 11.6 Å². The molecule has 0 aliphatic carbocycles. The van der Waals surface area contributed by atoms with E-state index in [0.29, 0.717) is 11.6 Å². The number of urea groups is 1. The van der Waals surface area contributed by atoms with E-state index in [9.17, 15) is 4.79 Å². The monoisotopic (exact) mass is 350 g/mol. The first-order valence-electron chi connectivity index (χ1n) is 6.93. The Labute approximate surface area is 133 Å². The number of nitrogens with one attached hydrogen (secondary N) is 1. The minimum Gasteiger partial charge on any atom is -0.381 e. The van der Waals surface area contributed by atoms with Gasteiger partial charge in [-0.3, -0.25) is 0 Å². The van der Waals surface area contributed by atoms with E-state index in [1.807, 2.05) is 17.0 Å². The van der Waals surface area contributed by atoms with Gasteiger partial charge in [0.2, 0.25) is 0 Å². The van der Waals surface area contributed by atoms with Crippen LogP contribution in [0, 0.1) is 11.3 Å². The van der Waals surface area contributed by atoms with E-state index < -0.39 is 0 Å². The zero-order valence-electron chi connectivity index (χ0n) is 12.3. The summed E-state index contributed by atoms with van der Waals surface area (Å²) >= 11 is 3.48. The standard InChI is InChI=1S/C15H19BrN4O/c1-19(2)15(21)20-7-5-12(6-8-20)18-14-4-3-11(10-17)9-13(14)16/h3-4,9,12,18H,5-8H2,1-2H3. The van der Waals surface area contributed by atoms with E-state index in [0.717, 1.165) is 36.1 Å². The highest BCUT2D eigenvalue weighted by Crippen LogP contribution is 2.26. The highest BCUT2D eigenvalue weighted by Gasteiger charge is 2.23. The van der Waals surface area contributed by atoms with Crippen LogP contribution in [-0.2, 0) is 0 Å². The quantitative estimate of drug-likeness (QED) is 0.891. The maximum atomic E-state index is 11.9. The average molecular weight is 351 g/mol. The SMILES string of the molecule is CN(C)C(=O)N1CCC(Nc2ccc(C#N)cc2Br)CC1. The van der Waals surface area contributed by atoms with Crippen molar-refractivity contribution in [3.63, 3.8) is 0 Å². The highest BCUT2D eigenvalue weighted by atomic mass is 79.9. The number of likely N-dealkylation sites (tertiary alicyclic amines) is 1. The summed E-state index contributed by atoms with van der Waals surface area (Å²) in [6.07, 6.45) is 1.85. The molecular formula is C15H19BrN4O. The van der Waals surface area contributed by atoms with Crippen molar-refractivity contribution in [2.45, 2.75) is 18.9 Å². The third kappa shape index (κ3) is 3.88. The third-order valence-corrected chi connectivity index (χ3v) is 4.26. The van der Waals surface area contributed by atoms with Crippen LogP contribution in [-0.4, -0.2) is 49.1 Å². The number of nitriles is 1. The van der Waals surface area contributed by atoms with E-state index in [1.54, 1.807) is 25.1 Å². The molecule has 1 aliphatic rings. The molecule has 2 amide bonds. The fourth-order valence-corrected chi connectivity index (χ4v) is 2.91. The molecule has 0 spiro atoms. The van der Waals surface area contributed by atoms with Crippen molar-refractivity contribution in [2.24, 2.45) is 0 Å². The summed E-state index contributed by atoms with van der Waals surface area (Å²) < 4.78 is 0.897. The maximum absolute atomic E-state index is 11.9. The van der Waals surface area contributed by atoms with Crippen LogP contribution >= 0.6 is 15.9 Å². The summed E-state index contributed by atoms with van der Waals surface area (Å²) in [6.45, 7) is 1.53. The van der Waals surface area contributed by atoms with Crippen molar-refractivity contribution in [1.29, 1.82) is 5.26 Å². The third-order valence-electron chi connectivity index (χ3n) is 3.61. The van der Waals surface area contributed by atoms with Gasteiger partial charge < -0.3 is 15.1 Å². The Hall–Kier alpha value is -1.74. The normalized spacial score (nSPS) is 15.4. The first-order chi connectivity index (χ1) is 10.0. The van der Waals surface area contributed by atoms with Gasteiger partial charge in [-0.25, -0.2) is 4.79 Å². The molecule has 1 saturated heterocycles. The number of rotatable bonds is 2. The lowest BCUT2D eigenvalue weighted by Gasteiger charge is -2.34. The molecule has 5 nitrogen and oxygen atoms in total. The van der Waals surface area contributed by atoms with Gasteiger partial charge in [-0.15, -0.1) is 0 Å². The minimum absolute atomic E-state index is 0.0769. The molecule has 0 saturated carbocycles. The average Bonchev–Trinajstić information content (AvgIpc) is 2.49. The Morgan fingerprint density at radius 2 is 2.10 bits per heavy atom. The van der Waals surface area contributed by atoms with Crippen molar-refractivity contribution < 1.29 is 4.79 Å². The van der Waals surface area contributed by atoms with Gasteiger partial charge in [0.15, 0.2) is 0 Å². The van der Waals surface area contributed by atoms with Gasteiger partial charge in [-0.05, 0) is 47.0 Å². The lowest BCUT2D eigenvalue weighted by molar-refractivity contribution is 0.158. The van der Waals surface area contributed by atoms with Crippen LogP contribution in [0.25, 0.3) is 0 Å². The van der Waals surface area contributed by atoms with Crippen molar-refractivity contribution in [2.75, 3.05) is 32.5 Å². The predicted octanol–water partition coefficient (Wildman–Crippen LogP) is 2.88. The second-order valence-corrected chi connectivity index (χ2v) is 6.24. The van der Waals surface area contributed by atoms with E-state index in [4.69, 9.17) is 5.26 Å². The van der Waals surface area contributed by atoms with E-state index in [1.165, 1.54) is 0 Å². The summed E-state index contributed by atoms with van der Waals surface area (Å²) in [5, 5.41) is 12.3. The van der Waals surface area contributed by atoms with E-state index in [-0.39, 0.29) is 6.03 Å². The first-order valence-corrected chi connectivity index (χ1v) is 7.73.